The summed E-state index contributed by atoms with van der Waals surface area (Å²) in [5.41, 5.74) is 0. The summed E-state index contributed by atoms with van der Waals surface area (Å²) in [6.45, 7) is 7.74. The summed E-state index contributed by atoms with van der Waals surface area (Å²) in [5.74, 6) is 1.77. The molecule has 0 aliphatic heterocycles. The van der Waals surface area contributed by atoms with Gasteiger partial charge in [0.15, 0.2) is 0 Å². The van der Waals surface area contributed by atoms with Crippen molar-refractivity contribution >= 4 is 0 Å². The Labute approximate surface area is 93.8 Å². The summed E-state index contributed by atoms with van der Waals surface area (Å²) in [7, 11) is 0. The summed E-state index contributed by atoms with van der Waals surface area (Å²) in [5, 5.41) is 3.80. The quantitative estimate of drug-likeness (QED) is 0.771. The van der Waals surface area contributed by atoms with Crippen molar-refractivity contribution in [1.29, 1.82) is 0 Å². The molecular weight excluding hydrogens is 186 g/mol. The lowest BCUT2D eigenvalue weighted by atomic mass is 9.87. The van der Waals surface area contributed by atoms with Crippen molar-refractivity contribution in [2.75, 3.05) is 6.61 Å². The predicted octanol–water partition coefficient (Wildman–Crippen LogP) is 2.58. The van der Waals surface area contributed by atoms with E-state index in [1.807, 2.05) is 0 Å². The standard InChI is InChI=1S/C13H25NO/c1-4-15-12-7-11(8-12)14-13-6-5-9(2)10(13)3/h9-14H,4-8H2,1-3H3. The fourth-order valence-electron chi connectivity index (χ4n) is 2.98. The summed E-state index contributed by atoms with van der Waals surface area (Å²) < 4.78 is 5.58. The smallest absolute Gasteiger partial charge is 0.0604 e. The van der Waals surface area contributed by atoms with Crippen LogP contribution in [-0.4, -0.2) is 24.8 Å². The Morgan fingerprint density at radius 3 is 2.47 bits per heavy atom. The Hall–Kier alpha value is -0.0800. The summed E-state index contributed by atoms with van der Waals surface area (Å²) in [6.07, 6.45) is 5.77. The molecule has 0 bridgehead atoms. The fraction of sp³-hybridized carbons (Fsp3) is 1.00. The lowest BCUT2D eigenvalue weighted by molar-refractivity contribution is -0.0134. The molecule has 0 amide bonds. The normalized spacial score (nSPS) is 45.4. The molecule has 2 saturated carbocycles. The molecule has 2 aliphatic rings. The first-order valence-electron chi connectivity index (χ1n) is 6.58. The van der Waals surface area contributed by atoms with E-state index in [0.717, 1.165) is 30.5 Å². The third-order valence-corrected chi connectivity index (χ3v) is 4.41. The van der Waals surface area contributed by atoms with Crippen LogP contribution in [0.25, 0.3) is 0 Å². The number of nitrogens with one attached hydrogen (secondary N) is 1. The van der Waals surface area contributed by atoms with Crippen LogP contribution in [0.15, 0.2) is 0 Å². The van der Waals surface area contributed by atoms with Gasteiger partial charge >= 0.3 is 0 Å². The molecule has 2 aliphatic carbocycles. The lowest BCUT2D eigenvalue weighted by Gasteiger charge is -2.38. The Kier molecular flexibility index (Phi) is 3.68. The molecule has 88 valence electrons. The minimum Gasteiger partial charge on any atom is -0.378 e. The lowest BCUT2D eigenvalue weighted by Crippen LogP contribution is -2.50. The second kappa shape index (κ2) is 4.84. The van der Waals surface area contributed by atoms with Gasteiger partial charge in [0.05, 0.1) is 6.10 Å². The van der Waals surface area contributed by atoms with Gasteiger partial charge in [-0.1, -0.05) is 13.8 Å². The Balaban J connectivity index is 1.67. The van der Waals surface area contributed by atoms with Gasteiger partial charge in [-0.05, 0) is 44.4 Å². The van der Waals surface area contributed by atoms with Gasteiger partial charge < -0.3 is 10.1 Å². The molecule has 2 fully saturated rings. The molecule has 2 nitrogen and oxygen atoms in total. The highest BCUT2D eigenvalue weighted by Crippen LogP contribution is 2.33. The molecule has 1 N–H and O–H groups in total. The number of ether oxygens (including phenoxy) is 1. The maximum absolute atomic E-state index is 5.58. The summed E-state index contributed by atoms with van der Waals surface area (Å²) >= 11 is 0. The van der Waals surface area contributed by atoms with Gasteiger partial charge in [0, 0.05) is 18.7 Å². The second-order valence-corrected chi connectivity index (χ2v) is 5.43. The zero-order valence-electron chi connectivity index (χ0n) is 10.3. The summed E-state index contributed by atoms with van der Waals surface area (Å²) in [6, 6.07) is 1.51. The van der Waals surface area contributed by atoms with Crippen molar-refractivity contribution in [2.45, 2.75) is 64.6 Å². The van der Waals surface area contributed by atoms with E-state index in [1.54, 1.807) is 0 Å². The van der Waals surface area contributed by atoms with E-state index in [-0.39, 0.29) is 0 Å². The first kappa shape index (κ1) is 11.4. The van der Waals surface area contributed by atoms with E-state index in [1.165, 1.54) is 25.7 Å². The average Bonchev–Trinajstić information content (AvgIpc) is 2.46. The first-order chi connectivity index (χ1) is 7.20. The van der Waals surface area contributed by atoms with Crippen LogP contribution in [0.2, 0.25) is 0 Å². The third kappa shape index (κ3) is 2.54. The molecule has 0 saturated heterocycles. The largest absolute Gasteiger partial charge is 0.378 e. The van der Waals surface area contributed by atoms with Crippen molar-refractivity contribution in [3.63, 3.8) is 0 Å². The SMILES string of the molecule is CCOC1CC(NC2CCC(C)C2C)C1. The van der Waals surface area contributed by atoms with E-state index < -0.39 is 0 Å². The van der Waals surface area contributed by atoms with Gasteiger partial charge in [-0.15, -0.1) is 0 Å². The molecule has 0 heterocycles. The van der Waals surface area contributed by atoms with Crippen molar-refractivity contribution in [2.24, 2.45) is 11.8 Å². The zero-order valence-corrected chi connectivity index (χ0v) is 10.3. The van der Waals surface area contributed by atoms with E-state index in [9.17, 15) is 0 Å². The molecule has 2 rings (SSSR count). The Bertz CT molecular complexity index is 201. The zero-order chi connectivity index (χ0) is 10.8. The third-order valence-electron chi connectivity index (χ3n) is 4.41. The molecule has 3 unspecified atom stereocenters. The van der Waals surface area contributed by atoms with Crippen molar-refractivity contribution in [3.05, 3.63) is 0 Å². The predicted molar refractivity (Wildman–Crippen MR) is 62.9 cm³/mol. The Morgan fingerprint density at radius 2 is 1.93 bits per heavy atom. The van der Waals surface area contributed by atoms with E-state index in [0.29, 0.717) is 6.10 Å². The van der Waals surface area contributed by atoms with Gasteiger partial charge in [0.25, 0.3) is 0 Å². The van der Waals surface area contributed by atoms with E-state index in [4.69, 9.17) is 4.74 Å². The van der Waals surface area contributed by atoms with E-state index in [2.05, 4.69) is 26.1 Å². The topological polar surface area (TPSA) is 21.3 Å². The molecule has 3 atom stereocenters. The highest BCUT2D eigenvalue weighted by molar-refractivity contribution is 4.92. The van der Waals surface area contributed by atoms with Crippen LogP contribution < -0.4 is 5.32 Å². The van der Waals surface area contributed by atoms with Gasteiger partial charge in [0.2, 0.25) is 0 Å². The number of hydrogen-bond donors (Lipinski definition) is 1. The van der Waals surface area contributed by atoms with Crippen LogP contribution in [-0.2, 0) is 4.74 Å². The first-order valence-corrected chi connectivity index (χ1v) is 6.58. The van der Waals surface area contributed by atoms with Gasteiger partial charge in [-0.2, -0.15) is 0 Å². The van der Waals surface area contributed by atoms with Gasteiger partial charge in [-0.3, -0.25) is 0 Å². The van der Waals surface area contributed by atoms with Crippen molar-refractivity contribution in [1.82, 2.24) is 5.32 Å². The van der Waals surface area contributed by atoms with Crippen LogP contribution >= 0.6 is 0 Å². The molecule has 0 aromatic carbocycles. The number of rotatable bonds is 4. The van der Waals surface area contributed by atoms with Crippen molar-refractivity contribution in [3.8, 4) is 0 Å². The molecule has 0 spiro atoms. The van der Waals surface area contributed by atoms with Crippen LogP contribution in [0, 0.1) is 11.8 Å². The van der Waals surface area contributed by atoms with Crippen LogP contribution in [0.3, 0.4) is 0 Å². The van der Waals surface area contributed by atoms with Gasteiger partial charge in [-0.25, -0.2) is 0 Å². The van der Waals surface area contributed by atoms with E-state index >= 15 is 0 Å². The van der Waals surface area contributed by atoms with Gasteiger partial charge in [0.1, 0.15) is 0 Å². The maximum Gasteiger partial charge on any atom is 0.0604 e. The minimum atomic E-state index is 0.543. The van der Waals surface area contributed by atoms with Crippen LogP contribution in [0.4, 0.5) is 0 Å². The maximum atomic E-state index is 5.58. The highest BCUT2D eigenvalue weighted by Gasteiger charge is 2.35. The fourth-order valence-corrected chi connectivity index (χ4v) is 2.98. The highest BCUT2D eigenvalue weighted by atomic mass is 16.5. The molecule has 0 radical (unpaired) electrons. The van der Waals surface area contributed by atoms with Crippen LogP contribution in [0.5, 0.6) is 0 Å². The van der Waals surface area contributed by atoms with Crippen molar-refractivity contribution < 1.29 is 4.74 Å². The minimum absolute atomic E-state index is 0.543. The summed E-state index contributed by atoms with van der Waals surface area (Å²) in [4.78, 5) is 0. The van der Waals surface area contributed by atoms with Crippen LogP contribution in [0.1, 0.15) is 46.5 Å². The Morgan fingerprint density at radius 1 is 1.20 bits per heavy atom. The second-order valence-electron chi connectivity index (χ2n) is 5.43. The molecule has 0 aromatic heterocycles. The monoisotopic (exact) mass is 211 g/mol. The molecule has 2 heteroatoms. The average molecular weight is 211 g/mol. The molecule has 15 heavy (non-hydrogen) atoms. The molecule has 0 aromatic rings. The molecular formula is C13H25NO. The number of hydrogen-bond acceptors (Lipinski definition) is 2.